The minimum absolute atomic E-state index is 0.00590. The predicted molar refractivity (Wildman–Crippen MR) is 116 cm³/mol. The van der Waals surface area contributed by atoms with Crippen molar-refractivity contribution in [3.63, 3.8) is 0 Å². The molecule has 1 aliphatic rings. The summed E-state index contributed by atoms with van der Waals surface area (Å²) in [4.78, 5) is 29.8. The molecule has 0 spiro atoms. The highest BCUT2D eigenvalue weighted by Gasteiger charge is 2.26. The van der Waals surface area contributed by atoms with Crippen molar-refractivity contribution in [3.05, 3.63) is 64.1 Å². The van der Waals surface area contributed by atoms with Gasteiger partial charge < -0.3 is 9.64 Å². The van der Waals surface area contributed by atoms with Crippen molar-refractivity contribution in [1.29, 1.82) is 0 Å². The van der Waals surface area contributed by atoms with E-state index in [0.717, 1.165) is 51.3 Å². The van der Waals surface area contributed by atoms with Gasteiger partial charge in [-0.2, -0.15) is 5.10 Å². The zero-order chi connectivity index (χ0) is 21.3. The summed E-state index contributed by atoms with van der Waals surface area (Å²) in [6.07, 6.45) is 1.81. The van der Waals surface area contributed by atoms with Crippen LogP contribution in [0, 0.1) is 0 Å². The normalized spacial score (nSPS) is 15.7. The number of rotatable bonds is 9. The number of hydrogen-bond donors (Lipinski definition) is 0. The van der Waals surface area contributed by atoms with E-state index in [4.69, 9.17) is 4.74 Å². The number of nitrogens with zero attached hydrogens (tertiary/aromatic N) is 4. The number of carbonyl (C=O) groups excluding carboxylic acids is 1. The van der Waals surface area contributed by atoms with Crippen LogP contribution in [-0.2, 0) is 17.8 Å². The lowest BCUT2D eigenvalue weighted by molar-refractivity contribution is 0.0226. The molecule has 0 radical (unpaired) electrons. The number of morpholine rings is 1. The van der Waals surface area contributed by atoms with Crippen molar-refractivity contribution in [1.82, 2.24) is 19.6 Å². The van der Waals surface area contributed by atoms with Crippen molar-refractivity contribution in [2.24, 2.45) is 0 Å². The molecule has 0 bridgehead atoms. The molecule has 2 heterocycles. The van der Waals surface area contributed by atoms with Crippen LogP contribution in [0.15, 0.2) is 47.3 Å². The molecule has 1 aromatic carbocycles. The van der Waals surface area contributed by atoms with E-state index in [1.54, 1.807) is 6.07 Å². The first-order chi connectivity index (χ1) is 14.6. The fraction of sp³-hybridized carbons (Fsp3) is 0.522. The summed E-state index contributed by atoms with van der Waals surface area (Å²) in [7, 11) is 0. The van der Waals surface area contributed by atoms with Gasteiger partial charge in [0, 0.05) is 44.8 Å². The second-order valence-electron chi connectivity index (χ2n) is 7.81. The highest BCUT2D eigenvalue weighted by Crippen LogP contribution is 2.14. The molecule has 7 nitrogen and oxygen atoms in total. The van der Waals surface area contributed by atoms with Crippen LogP contribution in [-0.4, -0.2) is 64.4 Å². The van der Waals surface area contributed by atoms with Crippen molar-refractivity contribution >= 4 is 5.91 Å². The van der Waals surface area contributed by atoms with E-state index < -0.39 is 0 Å². The number of unbranched alkanes of at least 4 members (excludes halogenated alkanes) is 1. The standard InChI is InChI=1S/C23H32N4O3/c1-3-4-12-27-22(28)11-10-21(24-27)23(29)26(18-20-8-6-5-7-9-20)19(2)17-25-13-15-30-16-14-25/h5-11,19H,3-4,12-18H2,1-2H3. The van der Waals surface area contributed by atoms with Crippen LogP contribution >= 0.6 is 0 Å². The maximum absolute atomic E-state index is 13.5. The zero-order valence-corrected chi connectivity index (χ0v) is 18.0. The van der Waals surface area contributed by atoms with Gasteiger partial charge in [0.2, 0.25) is 0 Å². The number of ether oxygens (including phenoxy) is 1. The van der Waals surface area contributed by atoms with Crippen LogP contribution in [0.2, 0.25) is 0 Å². The van der Waals surface area contributed by atoms with E-state index in [1.165, 1.54) is 10.7 Å². The van der Waals surface area contributed by atoms with E-state index >= 15 is 0 Å². The first kappa shape index (κ1) is 22.2. The van der Waals surface area contributed by atoms with E-state index in [1.807, 2.05) is 35.2 Å². The number of hydrogen-bond acceptors (Lipinski definition) is 5. The van der Waals surface area contributed by atoms with Gasteiger partial charge in [-0.3, -0.25) is 14.5 Å². The van der Waals surface area contributed by atoms with Gasteiger partial charge in [0.1, 0.15) is 5.69 Å². The molecule has 30 heavy (non-hydrogen) atoms. The SMILES string of the molecule is CCCCn1nc(C(=O)N(Cc2ccccc2)C(C)CN2CCOCC2)ccc1=O. The molecule has 1 fully saturated rings. The smallest absolute Gasteiger partial charge is 0.274 e. The minimum atomic E-state index is -0.170. The van der Waals surface area contributed by atoms with E-state index in [-0.39, 0.29) is 17.5 Å². The Labute approximate surface area is 178 Å². The maximum Gasteiger partial charge on any atom is 0.274 e. The Balaban J connectivity index is 1.82. The van der Waals surface area contributed by atoms with Gasteiger partial charge in [0.25, 0.3) is 11.5 Å². The number of carbonyl (C=O) groups is 1. The van der Waals surface area contributed by atoms with Crippen LogP contribution < -0.4 is 5.56 Å². The van der Waals surface area contributed by atoms with E-state index in [2.05, 4.69) is 23.8 Å². The molecule has 1 amide bonds. The Morgan fingerprint density at radius 1 is 1.17 bits per heavy atom. The molecule has 1 saturated heterocycles. The fourth-order valence-corrected chi connectivity index (χ4v) is 3.64. The quantitative estimate of drug-likeness (QED) is 0.633. The van der Waals surface area contributed by atoms with Gasteiger partial charge in [0.15, 0.2) is 0 Å². The fourth-order valence-electron chi connectivity index (χ4n) is 3.64. The third-order valence-corrected chi connectivity index (χ3v) is 5.42. The lowest BCUT2D eigenvalue weighted by Crippen LogP contribution is -2.48. The van der Waals surface area contributed by atoms with Crippen LogP contribution in [0.1, 0.15) is 42.7 Å². The van der Waals surface area contributed by atoms with Gasteiger partial charge in [-0.05, 0) is 25.0 Å². The van der Waals surface area contributed by atoms with Crippen molar-refractivity contribution in [2.45, 2.75) is 45.8 Å². The Morgan fingerprint density at radius 2 is 1.90 bits per heavy atom. The Bertz CT molecular complexity index is 862. The average Bonchev–Trinajstić information content (AvgIpc) is 2.78. The van der Waals surface area contributed by atoms with Crippen LogP contribution in [0.25, 0.3) is 0 Å². The number of amides is 1. The molecule has 7 heteroatoms. The second-order valence-corrected chi connectivity index (χ2v) is 7.81. The molecule has 0 saturated carbocycles. The summed E-state index contributed by atoms with van der Waals surface area (Å²) in [5.41, 5.74) is 1.21. The lowest BCUT2D eigenvalue weighted by atomic mass is 10.1. The van der Waals surface area contributed by atoms with Gasteiger partial charge in [-0.25, -0.2) is 4.68 Å². The molecule has 0 aliphatic carbocycles. The van der Waals surface area contributed by atoms with E-state index in [9.17, 15) is 9.59 Å². The second kappa shape index (κ2) is 11.0. The minimum Gasteiger partial charge on any atom is -0.379 e. The molecular formula is C23H32N4O3. The maximum atomic E-state index is 13.5. The Kier molecular flexibility index (Phi) is 8.16. The molecule has 1 atom stereocenters. The number of benzene rings is 1. The predicted octanol–water partition coefficient (Wildman–Crippen LogP) is 2.41. The molecule has 162 valence electrons. The summed E-state index contributed by atoms with van der Waals surface area (Å²) in [5.74, 6) is -0.148. The average molecular weight is 413 g/mol. The van der Waals surface area contributed by atoms with Gasteiger partial charge in [-0.1, -0.05) is 43.7 Å². The lowest BCUT2D eigenvalue weighted by Gasteiger charge is -2.35. The van der Waals surface area contributed by atoms with Gasteiger partial charge >= 0.3 is 0 Å². The molecule has 2 aromatic rings. The summed E-state index contributed by atoms with van der Waals surface area (Å²) < 4.78 is 6.85. The molecule has 1 unspecified atom stereocenters. The summed E-state index contributed by atoms with van der Waals surface area (Å²) in [5, 5.41) is 4.38. The third kappa shape index (κ3) is 6.00. The first-order valence-corrected chi connectivity index (χ1v) is 10.8. The molecule has 3 rings (SSSR count). The van der Waals surface area contributed by atoms with Gasteiger partial charge in [0.05, 0.1) is 13.2 Å². The Hall–Kier alpha value is -2.51. The highest BCUT2D eigenvalue weighted by atomic mass is 16.5. The summed E-state index contributed by atoms with van der Waals surface area (Å²) in [6, 6.07) is 13.0. The largest absolute Gasteiger partial charge is 0.379 e. The van der Waals surface area contributed by atoms with Crippen molar-refractivity contribution in [2.75, 3.05) is 32.8 Å². The van der Waals surface area contributed by atoms with Gasteiger partial charge in [-0.15, -0.1) is 0 Å². The summed E-state index contributed by atoms with van der Waals surface area (Å²) in [6.45, 7) is 9.14. The van der Waals surface area contributed by atoms with Crippen LogP contribution in [0.4, 0.5) is 0 Å². The first-order valence-electron chi connectivity index (χ1n) is 10.8. The molecule has 0 N–H and O–H groups in total. The zero-order valence-electron chi connectivity index (χ0n) is 18.0. The Morgan fingerprint density at radius 3 is 2.60 bits per heavy atom. The third-order valence-electron chi connectivity index (χ3n) is 5.42. The van der Waals surface area contributed by atoms with E-state index in [0.29, 0.717) is 18.8 Å². The number of aromatic nitrogens is 2. The number of aryl methyl sites for hydroxylation is 1. The summed E-state index contributed by atoms with van der Waals surface area (Å²) >= 11 is 0. The van der Waals surface area contributed by atoms with Crippen LogP contribution in [0.3, 0.4) is 0 Å². The van der Waals surface area contributed by atoms with Crippen molar-refractivity contribution in [3.8, 4) is 0 Å². The van der Waals surface area contributed by atoms with Crippen molar-refractivity contribution < 1.29 is 9.53 Å². The molecular weight excluding hydrogens is 380 g/mol. The topological polar surface area (TPSA) is 67.7 Å². The van der Waals surface area contributed by atoms with Crippen LogP contribution in [0.5, 0.6) is 0 Å². The molecule has 1 aliphatic heterocycles. The monoisotopic (exact) mass is 412 g/mol. The molecule has 1 aromatic heterocycles. The highest BCUT2D eigenvalue weighted by molar-refractivity contribution is 5.92.